The van der Waals surface area contributed by atoms with Crippen LogP contribution in [-0.4, -0.2) is 39.6 Å². The second kappa shape index (κ2) is 6.70. The van der Waals surface area contributed by atoms with Crippen LogP contribution < -0.4 is 5.32 Å². The van der Waals surface area contributed by atoms with Crippen LogP contribution in [0.4, 0.5) is 5.69 Å². The van der Waals surface area contributed by atoms with Crippen LogP contribution in [0.15, 0.2) is 30.9 Å². The number of nitrogens with zero attached hydrogens (tertiary/aromatic N) is 3. The molecule has 20 heavy (non-hydrogen) atoms. The van der Waals surface area contributed by atoms with Crippen molar-refractivity contribution < 1.29 is 4.79 Å². The Morgan fingerprint density at radius 1 is 1.45 bits per heavy atom. The molecule has 2 aromatic rings. The quantitative estimate of drug-likeness (QED) is 0.843. The normalized spacial score (nSPS) is 10.3. The summed E-state index contributed by atoms with van der Waals surface area (Å²) in [6.45, 7) is 3.42. The van der Waals surface area contributed by atoms with E-state index in [1.807, 2.05) is 6.07 Å². The molecule has 0 saturated heterocycles. The maximum atomic E-state index is 12.5. The molecule has 2 aromatic heterocycles. The van der Waals surface area contributed by atoms with E-state index in [2.05, 4.69) is 27.4 Å². The summed E-state index contributed by atoms with van der Waals surface area (Å²) in [5, 5.41) is 9.87. The number of aromatic amines is 1. The molecule has 2 rings (SSSR count). The van der Waals surface area contributed by atoms with E-state index in [0.717, 1.165) is 24.2 Å². The molecule has 0 atom stereocenters. The van der Waals surface area contributed by atoms with Gasteiger partial charge in [0.15, 0.2) is 0 Å². The number of carbonyl (C=O) groups is 1. The molecule has 0 aliphatic carbocycles. The van der Waals surface area contributed by atoms with E-state index in [0.29, 0.717) is 12.1 Å². The number of nitrogens with one attached hydrogen (secondary N) is 2. The largest absolute Gasteiger partial charge is 0.384 e. The molecule has 0 bridgehead atoms. The van der Waals surface area contributed by atoms with Crippen LogP contribution in [0.3, 0.4) is 0 Å². The van der Waals surface area contributed by atoms with E-state index in [9.17, 15) is 4.79 Å². The van der Waals surface area contributed by atoms with E-state index in [1.165, 1.54) is 0 Å². The molecule has 0 saturated carbocycles. The molecule has 0 aliphatic rings. The van der Waals surface area contributed by atoms with Gasteiger partial charge in [-0.25, -0.2) is 0 Å². The zero-order valence-electron chi connectivity index (χ0n) is 11.8. The van der Waals surface area contributed by atoms with Crippen molar-refractivity contribution >= 4 is 11.6 Å². The van der Waals surface area contributed by atoms with Gasteiger partial charge >= 0.3 is 0 Å². The average molecular weight is 273 g/mol. The maximum Gasteiger partial charge on any atom is 0.257 e. The molecule has 2 N–H and O–H groups in total. The summed E-state index contributed by atoms with van der Waals surface area (Å²) in [4.78, 5) is 18.2. The Balaban J connectivity index is 2.11. The predicted octanol–water partition coefficient (Wildman–Crippen LogP) is 1.90. The number of carbonyl (C=O) groups excluding carboxylic acids is 1. The van der Waals surface area contributed by atoms with Crippen molar-refractivity contribution in [2.75, 3.05) is 18.9 Å². The molecule has 0 radical (unpaired) electrons. The second-order valence-electron chi connectivity index (χ2n) is 4.62. The van der Waals surface area contributed by atoms with E-state index >= 15 is 0 Å². The summed E-state index contributed by atoms with van der Waals surface area (Å²) >= 11 is 0. The Kier molecular flexibility index (Phi) is 4.70. The third kappa shape index (κ3) is 3.34. The molecule has 2 heterocycles. The monoisotopic (exact) mass is 273 g/mol. The third-order valence-electron chi connectivity index (χ3n) is 2.94. The topological polar surface area (TPSA) is 73.9 Å². The maximum absolute atomic E-state index is 12.5. The van der Waals surface area contributed by atoms with Gasteiger partial charge in [-0.2, -0.15) is 5.10 Å². The lowest BCUT2D eigenvalue weighted by atomic mass is 10.2. The third-order valence-corrected chi connectivity index (χ3v) is 2.94. The summed E-state index contributed by atoms with van der Waals surface area (Å²) in [6, 6.07) is 1.83. The Morgan fingerprint density at radius 2 is 2.30 bits per heavy atom. The highest BCUT2D eigenvalue weighted by Gasteiger charge is 2.16. The fourth-order valence-corrected chi connectivity index (χ4v) is 1.89. The van der Waals surface area contributed by atoms with Crippen LogP contribution in [0.2, 0.25) is 0 Å². The van der Waals surface area contributed by atoms with E-state index in [-0.39, 0.29) is 5.91 Å². The Labute approximate surface area is 118 Å². The van der Waals surface area contributed by atoms with Crippen LogP contribution >= 0.6 is 0 Å². The molecular formula is C14H19N5O. The average Bonchev–Trinajstić information content (AvgIpc) is 2.97. The molecular weight excluding hydrogens is 254 g/mol. The van der Waals surface area contributed by atoms with Crippen LogP contribution in [-0.2, 0) is 6.54 Å². The van der Waals surface area contributed by atoms with Gasteiger partial charge in [0.25, 0.3) is 5.91 Å². The fourth-order valence-electron chi connectivity index (χ4n) is 1.89. The smallest absolute Gasteiger partial charge is 0.257 e. The van der Waals surface area contributed by atoms with Crippen LogP contribution in [0.5, 0.6) is 0 Å². The SMILES string of the molecule is CCCNc1ccncc1C(=O)N(C)Cc1cn[nH]c1. The second-order valence-corrected chi connectivity index (χ2v) is 4.62. The van der Waals surface area contributed by atoms with Crippen LogP contribution in [0.25, 0.3) is 0 Å². The van der Waals surface area contributed by atoms with Gasteiger partial charge in [-0.05, 0) is 12.5 Å². The molecule has 6 nitrogen and oxygen atoms in total. The number of hydrogen-bond donors (Lipinski definition) is 2. The molecule has 1 amide bonds. The first-order valence-corrected chi connectivity index (χ1v) is 6.63. The van der Waals surface area contributed by atoms with Gasteiger partial charge in [0.05, 0.1) is 17.4 Å². The van der Waals surface area contributed by atoms with Gasteiger partial charge in [-0.15, -0.1) is 0 Å². The van der Waals surface area contributed by atoms with E-state index in [1.54, 1.807) is 36.7 Å². The lowest BCUT2D eigenvalue weighted by Crippen LogP contribution is -2.27. The van der Waals surface area contributed by atoms with E-state index < -0.39 is 0 Å². The lowest BCUT2D eigenvalue weighted by molar-refractivity contribution is 0.0785. The fraction of sp³-hybridized carbons (Fsp3) is 0.357. The Morgan fingerprint density at radius 3 is 3.00 bits per heavy atom. The standard InChI is InChI=1S/C14H19N5O/c1-3-5-16-13-4-6-15-9-12(13)14(20)19(2)10-11-7-17-18-8-11/h4,6-9H,3,5,10H2,1-2H3,(H,15,16)(H,17,18). The zero-order chi connectivity index (χ0) is 14.4. The van der Waals surface area contributed by atoms with Crippen LogP contribution in [0, 0.1) is 0 Å². The van der Waals surface area contributed by atoms with Crippen molar-refractivity contribution in [1.82, 2.24) is 20.1 Å². The Hall–Kier alpha value is -2.37. The Bertz CT molecular complexity index is 552. The number of rotatable bonds is 6. The van der Waals surface area contributed by atoms with Gasteiger partial charge < -0.3 is 10.2 Å². The van der Waals surface area contributed by atoms with Gasteiger partial charge in [-0.1, -0.05) is 6.92 Å². The molecule has 0 unspecified atom stereocenters. The van der Waals surface area contributed by atoms with Crippen molar-refractivity contribution in [3.63, 3.8) is 0 Å². The molecule has 6 heteroatoms. The first kappa shape index (κ1) is 14.0. The molecule has 0 spiro atoms. The highest BCUT2D eigenvalue weighted by Crippen LogP contribution is 2.16. The van der Waals surface area contributed by atoms with Gasteiger partial charge in [0, 0.05) is 44.3 Å². The summed E-state index contributed by atoms with van der Waals surface area (Å²) < 4.78 is 0. The summed E-state index contributed by atoms with van der Waals surface area (Å²) in [7, 11) is 1.77. The van der Waals surface area contributed by atoms with Crippen molar-refractivity contribution in [3.8, 4) is 0 Å². The molecule has 0 aromatic carbocycles. The van der Waals surface area contributed by atoms with Crippen molar-refractivity contribution in [3.05, 3.63) is 42.0 Å². The van der Waals surface area contributed by atoms with Gasteiger partial charge in [0.1, 0.15) is 0 Å². The number of aromatic nitrogens is 3. The van der Waals surface area contributed by atoms with Gasteiger partial charge in [0.2, 0.25) is 0 Å². The molecule has 0 aliphatic heterocycles. The number of H-pyrrole nitrogens is 1. The number of hydrogen-bond acceptors (Lipinski definition) is 4. The first-order valence-electron chi connectivity index (χ1n) is 6.63. The zero-order valence-corrected chi connectivity index (χ0v) is 11.8. The summed E-state index contributed by atoms with van der Waals surface area (Å²) in [5.74, 6) is -0.0575. The number of amides is 1. The minimum Gasteiger partial charge on any atom is -0.384 e. The van der Waals surface area contributed by atoms with Crippen molar-refractivity contribution in [2.24, 2.45) is 0 Å². The van der Waals surface area contributed by atoms with E-state index in [4.69, 9.17) is 0 Å². The van der Waals surface area contributed by atoms with Gasteiger partial charge in [-0.3, -0.25) is 14.9 Å². The number of anilines is 1. The molecule has 0 fully saturated rings. The minimum absolute atomic E-state index is 0.0575. The number of pyridine rings is 1. The first-order chi connectivity index (χ1) is 9.72. The van der Waals surface area contributed by atoms with Crippen molar-refractivity contribution in [2.45, 2.75) is 19.9 Å². The minimum atomic E-state index is -0.0575. The predicted molar refractivity (Wildman–Crippen MR) is 77.4 cm³/mol. The summed E-state index contributed by atoms with van der Waals surface area (Å²) in [5.41, 5.74) is 2.38. The highest BCUT2D eigenvalue weighted by atomic mass is 16.2. The molecule has 106 valence electrons. The van der Waals surface area contributed by atoms with Crippen LogP contribution in [0.1, 0.15) is 29.3 Å². The summed E-state index contributed by atoms with van der Waals surface area (Å²) in [6.07, 6.45) is 7.78. The van der Waals surface area contributed by atoms with Crippen molar-refractivity contribution in [1.29, 1.82) is 0 Å². The lowest BCUT2D eigenvalue weighted by Gasteiger charge is -2.18. The highest BCUT2D eigenvalue weighted by molar-refractivity contribution is 5.99.